The van der Waals surface area contributed by atoms with E-state index >= 15 is 0 Å². The summed E-state index contributed by atoms with van der Waals surface area (Å²) in [6.45, 7) is 2.24. The molecule has 4 nitrogen and oxygen atoms in total. The van der Waals surface area contributed by atoms with Crippen LogP contribution < -0.4 is 0 Å². The fourth-order valence-electron chi connectivity index (χ4n) is 2.62. The lowest BCUT2D eigenvalue weighted by molar-refractivity contribution is -0.146. The summed E-state index contributed by atoms with van der Waals surface area (Å²) in [6.07, 6.45) is 15.6. The number of carbonyl (C=O) groups is 2. The molecule has 0 bridgehead atoms. The molecular formula is C20H34O4. The van der Waals surface area contributed by atoms with Crippen LogP contribution in [0.1, 0.15) is 96.8 Å². The molecule has 0 aliphatic carbocycles. The summed E-state index contributed by atoms with van der Waals surface area (Å²) < 4.78 is 0. The number of carboxylic acids is 2. The van der Waals surface area contributed by atoms with Crippen molar-refractivity contribution in [1.82, 2.24) is 0 Å². The van der Waals surface area contributed by atoms with Gasteiger partial charge in [-0.15, -0.1) is 5.92 Å². The topological polar surface area (TPSA) is 74.6 Å². The van der Waals surface area contributed by atoms with Crippen LogP contribution in [0.5, 0.6) is 0 Å². The largest absolute Gasteiger partial charge is 0.481 e. The zero-order valence-electron chi connectivity index (χ0n) is 15.2. The lowest BCUT2D eigenvalue weighted by Crippen LogP contribution is -2.15. The zero-order valence-corrected chi connectivity index (χ0v) is 15.2. The molecule has 138 valence electrons. The third-order valence-corrected chi connectivity index (χ3v) is 4.11. The Balaban J connectivity index is 3.46. The molecule has 0 heterocycles. The highest BCUT2D eigenvalue weighted by molar-refractivity contribution is 5.80. The summed E-state index contributed by atoms with van der Waals surface area (Å²) in [6, 6.07) is 0. The summed E-state index contributed by atoms with van der Waals surface area (Å²) in [4.78, 5) is 21.4. The number of carboxylic acid groups (broad SMARTS) is 2. The minimum absolute atomic E-state index is 0.430. The van der Waals surface area contributed by atoms with E-state index in [2.05, 4.69) is 18.8 Å². The third-order valence-electron chi connectivity index (χ3n) is 4.11. The molecule has 0 spiro atoms. The second-order valence-corrected chi connectivity index (χ2v) is 6.45. The summed E-state index contributed by atoms with van der Waals surface area (Å²) in [5.41, 5.74) is 0. The van der Waals surface area contributed by atoms with E-state index < -0.39 is 24.3 Å². The van der Waals surface area contributed by atoms with E-state index in [-0.39, 0.29) is 0 Å². The minimum atomic E-state index is -1.15. The Morgan fingerprint density at radius 1 is 0.792 bits per heavy atom. The van der Waals surface area contributed by atoms with Gasteiger partial charge in [0, 0.05) is 6.42 Å². The van der Waals surface area contributed by atoms with Gasteiger partial charge >= 0.3 is 11.9 Å². The van der Waals surface area contributed by atoms with Crippen molar-refractivity contribution in [2.75, 3.05) is 0 Å². The summed E-state index contributed by atoms with van der Waals surface area (Å²) in [5.74, 6) is 2.01. The molecule has 24 heavy (non-hydrogen) atoms. The average Bonchev–Trinajstić information content (AvgIpc) is 2.53. The van der Waals surface area contributed by atoms with Crippen LogP contribution in [0.2, 0.25) is 0 Å². The summed E-state index contributed by atoms with van der Waals surface area (Å²) >= 11 is 0. The number of aliphatic carboxylic acids is 2. The molecule has 4 heteroatoms. The Morgan fingerprint density at radius 2 is 1.25 bits per heavy atom. The van der Waals surface area contributed by atoms with Crippen LogP contribution in [0.15, 0.2) is 0 Å². The van der Waals surface area contributed by atoms with Gasteiger partial charge in [0.05, 0.1) is 6.42 Å². The Bertz CT molecular complexity index is 392. The molecule has 0 saturated carbocycles. The van der Waals surface area contributed by atoms with Crippen molar-refractivity contribution in [3.8, 4) is 11.8 Å². The molecule has 0 radical (unpaired) electrons. The van der Waals surface area contributed by atoms with Crippen LogP contribution in [0, 0.1) is 17.8 Å². The maximum atomic E-state index is 10.8. The molecule has 1 atom stereocenters. The first-order valence-electron chi connectivity index (χ1n) is 9.51. The van der Waals surface area contributed by atoms with E-state index in [1.54, 1.807) is 0 Å². The molecule has 0 amide bonds. The first-order valence-corrected chi connectivity index (χ1v) is 9.51. The van der Waals surface area contributed by atoms with Gasteiger partial charge in [-0.3, -0.25) is 9.59 Å². The van der Waals surface area contributed by atoms with Crippen molar-refractivity contribution in [3.05, 3.63) is 0 Å². The Labute approximate surface area is 147 Å². The van der Waals surface area contributed by atoms with Gasteiger partial charge in [0.25, 0.3) is 0 Å². The Morgan fingerprint density at radius 3 is 1.67 bits per heavy atom. The number of hydrogen-bond donors (Lipinski definition) is 2. The standard InChI is InChI=1S/C20H34O4/c1-2-3-4-5-6-7-8-9-10-11-12-13-14-15-16-18(20(23)24)17-19(21)22/h18H,2-14,17H2,1H3,(H,21,22)(H,23,24). The monoisotopic (exact) mass is 338 g/mol. The molecule has 0 saturated heterocycles. The van der Waals surface area contributed by atoms with Gasteiger partial charge in [0.2, 0.25) is 0 Å². The van der Waals surface area contributed by atoms with E-state index in [4.69, 9.17) is 10.2 Å². The predicted molar refractivity (Wildman–Crippen MR) is 96.8 cm³/mol. The summed E-state index contributed by atoms with van der Waals surface area (Å²) in [5, 5.41) is 17.5. The zero-order chi connectivity index (χ0) is 18.0. The van der Waals surface area contributed by atoms with E-state index in [1.165, 1.54) is 64.2 Å². The maximum absolute atomic E-state index is 10.8. The number of hydrogen-bond acceptors (Lipinski definition) is 2. The van der Waals surface area contributed by atoms with E-state index in [1.807, 2.05) is 0 Å². The highest BCUT2D eigenvalue weighted by atomic mass is 16.4. The molecule has 0 aliphatic heterocycles. The fourth-order valence-corrected chi connectivity index (χ4v) is 2.62. The third kappa shape index (κ3) is 15.4. The van der Waals surface area contributed by atoms with Crippen molar-refractivity contribution < 1.29 is 19.8 Å². The molecule has 2 N–H and O–H groups in total. The Hall–Kier alpha value is -1.50. The second-order valence-electron chi connectivity index (χ2n) is 6.45. The number of rotatable bonds is 15. The Kier molecular flexibility index (Phi) is 15.3. The normalized spacial score (nSPS) is 11.5. The van der Waals surface area contributed by atoms with Gasteiger partial charge in [-0.05, 0) is 6.42 Å². The molecule has 0 fully saturated rings. The summed E-state index contributed by atoms with van der Waals surface area (Å²) in [7, 11) is 0. The molecule has 0 aromatic heterocycles. The van der Waals surface area contributed by atoms with Crippen molar-refractivity contribution in [2.24, 2.45) is 5.92 Å². The van der Waals surface area contributed by atoms with Crippen molar-refractivity contribution in [1.29, 1.82) is 0 Å². The first kappa shape index (κ1) is 22.5. The molecule has 0 aromatic carbocycles. The highest BCUT2D eigenvalue weighted by Gasteiger charge is 2.17. The smallest absolute Gasteiger partial charge is 0.319 e. The van der Waals surface area contributed by atoms with Gasteiger partial charge in [-0.2, -0.15) is 0 Å². The van der Waals surface area contributed by atoms with Crippen LogP contribution >= 0.6 is 0 Å². The predicted octanol–water partition coefficient (Wildman–Crippen LogP) is 5.26. The van der Waals surface area contributed by atoms with Gasteiger partial charge < -0.3 is 10.2 Å². The van der Waals surface area contributed by atoms with Crippen LogP contribution in [0.4, 0.5) is 0 Å². The molecule has 0 aromatic rings. The van der Waals surface area contributed by atoms with E-state index in [0.29, 0.717) is 6.42 Å². The molecule has 1 unspecified atom stereocenters. The van der Waals surface area contributed by atoms with Gasteiger partial charge in [-0.25, -0.2) is 0 Å². The first-order chi connectivity index (χ1) is 11.6. The number of unbranched alkanes of at least 4 members (excludes halogenated alkanes) is 12. The van der Waals surface area contributed by atoms with Crippen LogP contribution in [-0.2, 0) is 9.59 Å². The van der Waals surface area contributed by atoms with Crippen molar-refractivity contribution in [3.63, 3.8) is 0 Å². The fraction of sp³-hybridized carbons (Fsp3) is 0.800. The quantitative estimate of drug-likeness (QED) is 0.315. The second kappa shape index (κ2) is 16.4. The lowest BCUT2D eigenvalue weighted by atomic mass is 10.0. The van der Waals surface area contributed by atoms with Gasteiger partial charge in [0.1, 0.15) is 5.92 Å². The SMILES string of the molecule is CCCCCCCCCCCCCCC#CC(CC(=O)O)C(=O)O. The molecular weight excluding hydrogens is 304 g/mol. The minimum Gasteiger partial charge on any atom is -0.481 e. The van der Waals surface area contributed by atoms with E-state index in [9.17, 15) is 9.59 Å². The lowest BCUT2D eigenvalue weighted by Gasteiger charge is -2.02. The molecule has 0 rings (SSSR count). The van der Waals surface area contributed by atoms with Crippen LogP contribution in [-0.4, -0.2) is 22.2 Å². The average molecular weight is 338 g/mol. The van der Waals surface area contributed by atoms with E-state index in [0.717, 1.165) is 12.8 Å². The van der Waals surface area contributed by atoms with Crippen LogP contribution in [0.3, 0.4) is 0 Å². The van der Waals surface area contributed by atoms with Crippen molar-refractivity contribution in [2.45, 2.75) is 96.8 Å². The maximum Gasteiger partial charge on any atom is 0.319 e. The van der Waals surface area contributed by atoms with Gasteiger partial charge in [0.15, 0.2) is 0 Å². The van der Waals surface area contributed by atoms with Crippen LogP contribution in [0.25, 0.3) is 0 Å². The van der Waals surface area contributed by atoms with Gasteiger partial charge in [-0.1, -0.05) is 83.5 Å². The highest BCUT2D eigenvalue weighted by Crippen LogP contribution is 2.12. The molecule has 0 aliphatic rings. The van der Waals surface area contributed by atoms with Crippen molar-refractivity contribution >= 4 is 11.9 Å².